The van der Waals surface area contributed by atoms with Crippen molar-refractivity contribution in [2.75, 3.05) is 11.4 Å². The summed E-state index contributed by atoms with van der Waals surface area (Å²) in [6.45, 7) is 0.846. The van der Waals surface area contributed by atoms with E-state index in [9.17, 15) is 4.79 Å². The molecule has 0 saturated carbocycles. The number of carbonyl (C=O) groups is 1. The van der Waals surface area contributed by atoms with Crippen LogP contribution in [0.5, 0.6) is 0 Å². The summed E-state index contributed by atoms with van der Waals surface area (Å²) in [5.41, 5.74) is 3.83. The molecule has 1 amide bonds. The fourth-order valence-electron chi connectivity index (χ4n) is 3.47. The van der Waals surface area contributed by atoms with Gasteiger partial charge in [-0.3, -0.25) is 4.79 Å². The lowest BCUT2D eigenvalue weighted by molar-refractivity contribution is 0.0989. The summed E-state index contributed by atoms with van der Waals surface area (Å²) < 4.78 is 0. The van der Waals surface area contributed by atoms with Crippen LogP contribution in [0.3, 0.4) is 0 Å². The number of benzene rings is 1. The summed E-state index contributed by atoms with van der Waals surface area (Å²) in [6.07, 6.45) is 6.99. The van der Waals surface area contributed by atoms with E-state index >= 15 is 0 Å². The second-order valence-electron chi connectivity index (χ2n) is 5.96. The molecule has 2 heterocycles. The SMILES string of the molecule is O=C(c1cc2c(s1)CCCC2)N1CCCc2ccccc21. The van der Waals surface area contributed by atoms with Crippen molar-refractivity contribution in [3.63, 3.8) is 0 Å². The third kappa shape index (κ3) is 2.30. The molecule has 0 atom stereocenters. The first kappa shape index (κ1) is 13.1. The van der Waals surface area contributed by atoms with Gasteiger partial charge in [0.1, 0.15) is 0 Å². The molecule has 1 aromatic heterocycles. The molecule has 0 spiro atoms. The Hall–Kier alpha value is -1.61. The van der Waals surface area contributed by atoms with Crippen LogP contribution in [-0.4, -0.2) is 12.5 Å². The van der Waals surface area contributed by atoms with E-state index in [1.807, 2.05) is 11.0 Å². The monoisotopic (exact) mass is 297 g/mol. The summed E-state index contributed by atoms with van der Waals surface area (Å²) in [5, 5.41) is 0. The minimum absolute atomic E-state index is 0.196. The topological polar surface area (TPSA) is 20.3 Å². The summed E-state index contributed by atoms with van der Waals surface area (Å²) in [6, 6.07) is 10.5. The lowest BCUT2D eigenvalue weighted by Crippen LogP contribution is -2.34. The van der Waals surface area contributed by atoms with Crippen molar-refractivity contribution in [3.05, 3.63) is 51.2 Å². The normalized spacial score (nSPS) is 17.2. The fraction of sp³-hybridized carbons (Fsp3) is 0.389. The fourth-order valence-corrected chi connectivity index (χ4v) is 4.68. The molecule has 1 aliphatic heterocycles. The van der Waals surface area contributed by atoms with Crippen LogP contribution >= 0.6 is 11.3 Å². The first-order chi connectivity index (χ1) is 10.3. The summed E-state index contributed by atoms with van der Waals surface area (Å²) >= 11 is 1.72. The van der Waals surface area contributed by atoms with Crippen molar-refractivity contribution in [2.24, 2.45) is 0 Å². The number of hydrogen-bond acceptors (Lipinski definition) is 2. The van der Waals surface area contributed by atoms with Crippen LogP contribution in [0.4, 0.5) is 5.69 Å². The van der Waals surface area contributed by atoms with Crippen molar-refractivity contribution in [2.45, 2.75) is 38.5 Å². The molecule has 0 fully saturated rings. The Morgan fingerprint density at radius 3 is 2.71 bits per heavy atom. The number of amides is 1. The Bertz CT molecular complexity index is 665. The van der Waals surface area contributed by atoms with Crippen LogP contribution in [0.2, 0.25) is 0 Å². The lowest BCUT2D eigenvalue weighted by Gasteiger charge is -2.29. The highest BCUT2D eigenvalue weighted by Crippen LogP contribution is 2.33. The molecule has 0 unspecified atom stereocenters. The van der Waals surface area contributed by atoms with Gasteiger partial charge < -0.3 is 4.90 Å². The Morgan fingerprint density at radius 2 is 1.81 bits per heavy atom. The number of rotatable bonds is 1. The maximum Gasteiger partial charge on any atom is 0.268 e. The van der Waals surface area contributed by atoms with Gasteiger partial charge in [0.25, 0.3) is 5.91 Å². The third-order valence-corrected chi connectivity index (χ3v) is 5.79. The first-order valence-electron chi connectivity index (χ1n) is 7.84. The minimum Gasteiger partial charge on any atom is -0.307 e. The largest absolute Gasteiger partial charge is 0.307 e. The van der Waals surface area contributed by atoms with Gasteiger partial charge in [0.05, 0.1) is 4.88 Å². The zero-order valence-corrected chi connectivity index (χ0v) is 12.9. The molecule has 2 aromatic rings. The maximum absolute atomic E-state index is 12.9. The molecule has 1 aliphatic carbocycles. The zero-order chi connectivity index (χ0) is 14.2. The van der Waals surface area contributed by atoms with Crippen LogP contribution in [0.25, 0.3) is 0 Å². The van der Waals surface area contributed by atoms with Gasteiger partial charge >= 0.3 is 0 Å². The molecule has 4 rings (SSSR count). The molecule has 108 valence electrons. The summed E-state index contributed by atoms with van der Waals surface area (Å²) in [7, 11) is 0. The molecule has 2 aliphatic rings. The van der Waals surface area contributed by atoms with Crippen LogP contribution in [-0.2, 0) is 19.3 Å². The molecule has 0 saturated heterocycles. The number of nitrogens with zero attached hydrogens (tertiary/aromatic N) is 1. The van der Waals surface area contributed by atoms with E-state index in [-0.39, 0.29) is 5.91 Å². The Morgan fingerprint density at radius 1 is 1.00 bits per heavy atom. The quantitative estimate of drug-likeness (QED) is 0.771. The van der Waals surface area contributed by atoms with Crippen molar-refractivity contribution in [1.82, 2.24) is 0 Å². The van der Waals surface area contributed by atoms with Gasteiger partial charge in [-0.1, -0.05) is 18.2 Å². The van der Waals surface area contributed by atoms with E-state index in [0.29, 0.717) is 0 Å². The van der Waals surface area contributed by atoms with E-state index in [4.69, 9.17) is 0 Å². The number of anilines is 1. The second-order valence-corrected chi connectivity index (χ2v) is 7.09. The molecule has 21 heavy (non-hydrogen) atoms. The van der Waals surface area contributed by atoms with E-state index in [0.717, 1.165) is 42.8 Å². The van der Waals surface area contributed by atoms with E-state index in [1.54, 1.807) is 11.3 Å². The average molecular weight is 297 g/mol. The number of carbonyl (C=O) groups excluding carboxylic acids is 1. The molecule has 2 nitrogen and oxygen atoms in total. The summed E-state index contributed by atoms with van der Waals surface area (Å²) in [4.78, 5) is 17.3. The third-order valence-electron chi connectivity index (χ3n) is 4.56. The molecule has 0 N–H and O–H groups in total. The van der Waals surface area contributed by atoms with Crippen LogP contribution < -0.4 is 4.90 Å². The van der Waals surface area contributed by atoms with Crippen LogP contribution in [0.15, 0.2) is 30.3 Å². The molecular formula is C18H19NOS. The van der Waals surface area contributed by atoms with Crippen molar-refractivity contribution in [1.29, 1.82) is 0 Å². The average Bonchev–Trinajstić information content (AvgIpc) is 2.97. The predicted octanol–water partition coefficient (Wildman–Crippen LogP) is 4.22. The van der Waals surface area contributed by atoms with E-state index in [1.165, 1.54) is 28.8 Å². The minimum atomic E-state index is 0.196. The second kappa shape index (κ2) is 5.30. The van der Waals surface area contributed by atoms with Gasteiger partial charge in [0.2, 0.25) is 0 Å². The standard InChI is InChI=1S/C18H19NOS/c20-18(17-12-14-7-2-4-10-16(14)21-17)19-11-5-8-13-6-1-3-9-15(13)19/h1,3,6,9,12H,2,4-5,7-8,10-11H2. The predicted molar refractivity (Wildman–Crippen MR) is 87.4 cm³/mol. The number of thiophene rings is 1. The molecule has 1 aromatic carbocycles. The number of para-hydroxylation sites is 1. The van der Waals surface area contributed by atoms with Gasteiger partial charge in [-0.2, -0.15) is 0 Å². The maximum atomic E-state index is 12.9. The van der Waals surface area contributed by atoms with E-state index in [2.05, 4.69) is 24.3 Å². The number of fused-ring (bicyclic) bond motifs is 2. The lowest BCUT2D eigenvalue weighted by atomic mass is 9.99. The molecule has 3 heteroatoms. The van der Waals surface area contributed by atoms with Gasteiger partial charge in [0.15, 0.2) is 0 Å². The highest BCUT2D eigenvalue weighted by atomic mass is 32.1. The smallest absolute Gasteiger partial charge is 0.268 e. The number of aryl methyl sites for hydroxylation is 3. The number of hydrogen-bond donors (Lipinski definition) is 0. The van der Waals surface area contributed by atoms with Crippen LogP contribution in [0.1, 0.15) is 44.9 Å². The van der Waals surface area contributed by atoms with Gasteiger partial charge in [-0.15, -0.1) is 11.3 Å². The Kier molecular flexibility index (Phi) is 3.30. The molecule has 0 radical (unpaired) electrons. The first-order valence-corrected chi connectivity index (χ1v) is 8.66. The van der Waals surface area contributed by atoms with Crippen molar-refractivity contribution < 1.29 is 4.79 Å². The van der Waals surface area contributed by atoms with E-state index < -0.39 is 0 Å². The van der Waals surface area contributed by atoms with Crippen molar-refractivity contribution in [3.8, 4) is 0 Å². The Labute approximate surface area is 129 Å². The molecular weight excluding hydrogens is 278 g/mol. The molecule has 0 bridgehead atoms. The zero-order valence-electron chi connectivity index (χ0n) is 12.1. The van der Waals surface area contributed by atoms with Gasteiger partial charge in [-0.05, 0) is 61.8 Å². The van der Waals surface area contributed by atoms with Gasteiger partial charge in [0, 0.05) is 17.1 Å². The van der Waals surface area contributed by atoms with Crippen LogP contribution in [0, 0.1) is 0 Å². The van der Waals surface area contributed by atoms with Crippen molar-refractivity contribution >= 4 is 22.9 Å². The highest BCUT2D eigenvalue weighted by Gasteiger charge is 2.25. The highest BCUT2D eigenvalue weighted by molar-refractivity contribution is 7.14. The van der Waals surface area contributed by atoms with Gasteiger partial charge in [-0.25, -0.2) is 0 Å². The summed E-state index contributed by atoms with van der Waals surface area (Å²) in [5.74, 6) is 0.196. The Balaban J connectivity index is 1.68.